The van der Waals surface area contributed by atoms with Gasteiger partial charge < -0.3 is 9.29 Å². The van der Waals surface area contributed by atoms with Crippen LogP contribution >= 0.6 is 0 Å². The number of hydrogen-bond donors (Lipinski definition) is 0. The Balaban J connectivity index is 0. The largest absolute Gasteiger partial charge is 1.00 e. The minimum atomic E-state index is -4.32. The second kappa shape index (κ2) is 7.52. The van der Waals surface area contributed by atoms with Crippen LogP contribution in [0.15, 0.2) is 12.7 Å². The molecule has 0 atom stereocenters. The molecule has 0 bridgehead atoms. The Kier molecular flexibility index (Phi) is 9.01. The molecule has 7 heteroatoms. The SMILES string of the molecule is C=CCOC(=O)CCS(=O)(=O)[O-].[Na+]. The van der Waals surface area contributed by atoms with Crippen molar-refractivity contribution in [1.29, 1.82) is 0 Å². The van der Waals surface area contributed by atoms with Crippen molar-refractivity contribution in [3.63, 3.8) is 0 Å². The predicted octanol–water partition coefficient (Wildman–Crippen LogP) is -3.35. The maximum absolute atomic E-state index is 10.6. The molecule has 5 nitrogen and oxygen atoms in total. The van der Waals surface area contributed by atoms with Gasteiger partial charge in [0.05, 0.1) is 16.5 Å². The molecule has 0 aromatic rings. The zero-order valence-electron chi connectivity index (χ0n) is 7.36. The summed E-state index contributed by atoms with van der Waals surface area (Å²) < 4.78 is 34.5. The molecule has 0 amide bonds. The monoisotopic (exact) mass is 216 g/mol. The first kappa shape index (κ1) is 15.6. The van der Waals surface area contributed by atoms with Crippen LogP contribution in [0.5, 0.6) is 0 Å². The van der Waals surface area contributed by atoms with Crippen LogP contribution in [0.2, 0.25) is 0 Å². The van der Waals surface area contributed by atoms with Crippen LogP contribution in [0.25, 0.3) is 0 Å². The molecular weight excluding hydrogens is 207 g/mol. The van der Waals surface area contributed by atoms with Gasteiger partial charge >= 0.3 is 35.5 Å². The Morgan fingerprint density at radius 3 is 2.46 bits per heavy atom. The molecule has 0 fully saturated rings. The topological polar surface area (TPSA) is 83.5 Å². The van der Waals surface area contributed by atoms with Gasteiger partial charge in [0.25, 0.3) is 0 Å². The van der Waals surface area contributed by atoms with Gasteiger partial charge in [-0.25, -0.2) is 8.42 Å². The van der Waals surface area contributed by atoms with Crippen molar-refractivity contribution < 1.29 is 52.1 Å². The fourth-order valence-electron chi connectivity index (χ4n) is 0.432. The minimum Gasteiger partial charge on any atom is -0.748 e. The maximum Gasteiger partial charge on any atom is 1.00 e. The molecule has 0 aliphatic carbocycles. The van der Waals surface area contributed by atoms with Crippen molar-refractivity contribution in [3.8, 4) is 0 Å². The molecule has 0 aromatic heterocycles. The van der Waals surface area contributed by atoms with Crippen molar-refractivity contribution in [3.05, 3.63) is 12.7 Å². The summed E-state index contributed by atoms with van der Waals surface area (Å²) >= 11 is 0. The van der Waals surface area contributed by atoms with Crippen molar-refractivity contribution in [1.82, 2.24) is 0 Å². The van der Waals surface area contributed by atoms with Crippen LogP contribution in [-0.2, 0) is 19.6 Å². The van der Waals surface area contributed by atoms with E-state index in [0.717, 1.165) is 0 Å². The summed E-state index contributed by atoms with van der Waals surface area (Å²) in [4.78, 5) is 10.6. The molecule has 0 heterocycles. The third kappa shape index (κ3) is 12.1. The summed E-state index contributed by atoms with van der Waals surface area (Å²) in [6.07, 6.45) is 0.948. The summed E-state index contributed by atoms with van der Waals surface area (Å²) in [6.45, 7) is 3.31. The average molecular weight is 216 g/mol. The van der Waals surface area contributed by atoms with Gasteiger partial charge in [-0.2, -0.15) is 0 Å². The van der Waals surface area contributed by atoms with Crippen LogP contribution in [0.4, 0.5) is 0 Å². The molecule has 70 valence electrons. The standard InChI is InChI=1S/C6H10O5S.Na/c1-2-4-11-6(7)3-5-12(8,9)10;/h2H,1,3-5H2,(H,8,9,10);/q;+1/p-1. The Labute approximate surface area is 99.2 Å². The Bertz CT molecular complexity index is 258. The minimum absolute atomic E-state index is 0. The number of carbonyl (C=O) groups is 1. The predicted molar refractivity (Wildman–Crippen MR) is 40.3 cm³/mol. The van der Waals surface area contributed by atoms with Gasteiger partial charge in [-0.1, -0.05) is 12.7 Å². The molecule has 0 aliphatic heterocycles. The van der Waals surface area contributed by atoms with E-state index in [0.29, 0.717) is 0 Å². The second-order valence-electron chi connectivity index (χ2n) is 1.98. The van der Waals surface area contributed by atoms with Gasteiger partial charge in [0.15, 0.2) is 0 Å². The summed E-state index contributed by atoms with van der Waals surface area (Å²) in [5.41, 5.74) is 0. The first-order valence-corrected chi connectivity index (χ1v) is 4.73. The quantitative estimate of drug-likeness (QED) is 0.207. The number of ether oxygens (including phenoxy) is 1. The third-order valence-corrected chi connectivity index (χ3v) is 1.62. The summed E-state index contributed by atoms with van der Waals surface area (Å²) in [6, 6.07) is 0. The van der Waals surface area contributed by atoms with Crippen molar-refractivity contribution >= 4 is 16.1 Å². The van der Waals surface area contributed by atoms with E-state index in [1.165, 1.54) is 6.08 Å². The molecule has 0 radical (unpaired) electrons. The van der Waals surface area contributed by atoms with E-state index in [1.54, 1.807) is 0 Å². The van der Waals surface area contributed by atoms with Crippen LogP contribution in [0, 0.1) is 0 Å². The van der Waals surface area contributed by atoms with Crippen LogP contribution in [0.1, 0.15) is 6.42 Å². The maximum atomic E-state index is 10.6. The zero-order chi connectivity index (χ0) is 9.61. The van der Waals surface area contributed by atoms with Crippen LogP contribution in [0.3, 0.4) is 0 Å². The second-order valence-corrected chi connectivity index (χ2v) is 3.51. The van der Waals surface area contributed by atoms with E-state index in [9.17, 15) is 17.8 Å². The Morgan fingerprint density at radius 2 is 2.08 bits per heavy atom. The summed E-state index contributed by atoms with van der Waals surface area (Å²) in [5.74, 6) is -1.43. The number of carbonyl (C=O) groups excluding carboxylic acids is 1. The first-order valence-electron chi connectivity index (χ1n) is 3.16. The van der Waals surface area contributed by atoms with Gasteiger partial charge in [0, 0.05) is 5.75 Å². The van der Waals surface area contributed by atoms with Gasteiger partial charge in [-0.3, -0.25) is 4.79 Å². The summed E-state index contributed by atoms with van der Waals surface area (Å²) in [7, 11) is -4.32. The molecule has 0 spiro atoms. The molecule has 0 aliphatic rings. The van der Waals surface area contributed by atoms with Crippen molar-refractivity contribution in [2.24, 2.45) is 0 Å². The number of rotatable bonds is 5. The average Bonchev–Trinajstić information content (AvgIpc) is 1.95. The molecule has 0 saturated heterocycles. The van der Waals surface area contributed by atoms with E-state index < -0.39 is 28.3 Å². The normalized spacial score (nSPS) is 9.92. The zero-order valence-corrected chi connectivity index (χ0v) is 10.2. The van der Waals surface area contributed by atoms with Gasteiger partial charge in [0.2, 0.25) is 0 Å². The Hall–Kier alpha value is 0.120. The number of hydrogen-bond acceptors (Lipinski definition) is 5. The molecular formula is C6H9NaO5S. The first-order chi connectivity index (χ1) is 5.45. The van der Waals surface area contributed by atoms with Crippen LogP contribution < -0.4 is 29.6 Å². The fourth-order valence-corrected chi connectivity index (χ4v) is 0.849. The van der Waals surface area contributed by atoms with Crippen LogP contribution in [-0.4, -0.2) is 31.3 Å². The van der Waals surface area contributed by atoms with E-state index in [1.807, 2.05) is 0 Å². The van der Waals surface area contributed by atoms with Gasteiger partial charge in [-0.05, 0) is 0 Å². The molecule has 0 unspecified atom stereocenters. The van der Waals surface area contributed by atoms with Gasteiger partial charge in [0.1, 0.15) is 6.61 Å². The molecule has 0 rings (SSSR count). The molecule has 0 N–H and O–H groups in total. The molecule has 0 aromatic carbocycles. The molecule has 0 saturated carbocycles. The smallest absolute Gasteiger partial charge is 0.748 e. The van der Waals surface area contributed by atoms with E-state index in [4.69, 9.17) is 0 Å². The van der Waals surface area contributed by atoms with E-state index in [-0.39, 0.29) is 36.2 Å². The fraction of sp³-hybridized carbons (Fsp3) is 0.500. The van der Waals surface area contributed by atoms with Crippen molar-refractivity contribution in [2.75, 3.05) is 12.4 Å². The number of esters is 1. The third-order valence-electron chi connectivity index (χ3n) is 0.918. The van der Waals surface area contributed by atoms with E-state index in [2.05, 4.69) is 11.3 Å². The van der Waals surface area contributed by atoms with Gasteiger partial charge in [-0.15, -0.1) is 0 Å². The molecule has 13 heavy (non-hydrogen) atoms. The summed E-state index contributed by atoms with van der Waals surface area (Å²) in [5, 5.41) is 0. The van der Waals surface area contributed by atoms with Crippen molar-refractivity contribution in [2.45, 2.75) is 6.42 Å². The Morgan fingerprint density at radius 1 is 1.54 bits per heavy atom. The van der Waals surface area contributed by atoms with E-state index >= 15 is 0 Å².